The fourth-order valence-corrected chi connectivity index (χ4v) is 1.99. The van der Waals surface area contributed by atoms with Crippen molar-refractivity contribution in [1.82, 2.24) is 0 Å². The van der Waals surface area contributed by atoms with Crippen LogP contribution >= 0.6 is 11.3 Å². The second kappa shape index (κ2) is 3.69. The fourth-order valence-electron chi connectivity index (χ4n) is 1.05. The van der Waals surface area contributed by atoms with Crippen molar-refractivity contribution < 1.29 is 0 Å². The van der Waals surface area contributed by atoms with E-state index in [1.165, 1.54) is 10.4 Å². The Morgan fingerprint density at radius 2 is 2.55 bits per heavy atom. The van der Waals surface area contributed by atoms with E-state index in [2.05, 4.69) is 24.9 Å². The van der Waals surface area contributed by atoms with E-state index in [1.54, 1.807) is 11.3 Å². The van der Waals surface area contributed by atoms with Crippen LogP contribution in [0.4, 0.5) is 0 Å². The molecule has 0 radical (unpaired) electrons. The molecule has 1 aromatic heterocycles. The van der Waals surface area contributed by atoms with Gasteiger partial charge in [0.1, 0.15) is 0 Å². The van der Waals surface area contributed by atoms with Gasteiger partial charge in [0, 0.05) is 10.9 Å². The van der Waals surface area contributed by atoms with Gasteiger partial charge in [-0.3, -0.25) is 0 Å². The molecule has 0 amide bonds. The molecule has 0 saturated carbocycles. The van der Waals surface area contributed by atoms with Crippen LogP contribution in [0.5, 0.6) is 0 Å². The van der Waals surface area contributed by atoms with E-state index in [1.807, 2.05) is 6.08 Å². The lowest BCUT2D eigenvalue weighted by molar-refractivity contribution is 0.753. The summed E-state index contributed by atoms with van der Waals surface area (Å²) in [6.07, 6.45) is 2.73. The lowest BCUT2D eigenvalue weighted by Gasteiger charge is -2.06. The number of rotatable bonds is 3. The zero-order valence-corrected chi connectivity index (χ0v) is 7.53. The van der Waals surface area contributed by atoms with Crippen molar-refractivity contribution in [2.24, 2.45) is 5.73 Å². The molecule has 0 aromatic carbocycles. The Morgan fingerprint density at radius 3 is 3.00 bits per heavy atom. The number of thiophene rings is 1. The molecule has 1 aromatic rings. The second-order valence-corrected chi connectivity index (χ2v) is 3.55. The van der Waals surface area contributed by atoms with Crippen LogP contribution in [-0.2, 0) is 0 Å². The number of aryl methyl sites for hydroxylation is 1. The molecule has 2 heteroatoms. The molecule has 0 spiro atoms. The molecule has 0 saturated heterocycles. The summed E-state index contributed by atoms with van der Waals surface area (Å²) in [6.45, 7) is 5.76. The van der Waals surface area contributed by atoms with Crippen LogP contribution in [0.15, 0.2) is 24.1 Å². The van der Waals surface area contributed by atoms with Crippen molar-refractivity contribution in [2.45, 2.75) is 19.4 Å². The molecular weight excluding hydrogens is 154 g/mol. The molecule has 0 aliphatic carbocycles. The monoisotopic (exact) mass is 167 g/mol. The van der Waals surface area contributed by atoms with Gasteiger partial charge in [0.05, 0.1) is 0 Å². The van der Waals surface area contributed by atoms with E-state index in [-0.39, 0.29) is 6.04 Å². The fraction of sp³-hybridized carbons (Fsp3) is 0.333. The Hall–Kier alpha value is -0.600. The molecule has 1 heterocycles. The molecule has 0 aliphatic rings. The first-order valence-electron chi connectivity index (χ1n) is 3.66. The van der Waals surface area contributed by atoms with Crippen LogP contribution in [-0.4, -0.2) is 0 Å². The average Bonchev–Trinajstić information content (AvgIpc) is 2.36. The molecule has 2 N–H and O–H groups in total. The van der Waals surface area contributed by atoms with Gasteiger partial charge < -0.3 is 5.73 Å². The Morgan fingerprint density at radius 1 is 1.82 bits per heavy atom. The van der Waals surface area contributed by atoms with Crippen molar-refractivity contribution in [2.75, 3.05) is 0 Å². The Kier molecular flexibility index (Phi) is 2.85. The summed E-state index contributed by atoms with van der Waals surface area (Å²) >= 11 is 1.72. The highest BCUT2D eigenvalue weighted by Crippen LogP contribution is 2.24. The Bertz CT molecular complexity index is 239. The van der Waals surface area contributed by atoms with Crippen molar-refractivity contribution in [3.8, 4) is 0 Å². The first-order chi connectivity index (χ1) is 5.25. The minimum atomic E-state index is 0.146. The Balaban J connectivity index is 2.74. The predicted molar refractivity (Wildman–Crippen MR) is 50.8 cm³/mol. The molecular formula is C9H13NS. The van der Waals surface area contributed by atoms with Crippen LogP contribution in [0.25, 0.3) is 0 Å². The molecule has 11 heavy (non-hydrogen) atoms. The molecule has 1 rings (SSSR count). The minimum absolute atomic E-state index is 0.146. The summed E-state index contributed by atoms with van der Waals surface area (Å²) in [6, 6.07) is 2.25. The first-order valence-corrected chi connectivity index (χ1v) is 4.54. The molecule has 0 fully saturated rings. The van der Waals surface area contributed by atoms with Gasteiger partial charge in [-0.1, -0.05) is 6.08 Å². The normalized spacial score (nSPS) is 12.9. The van der Waals surface area contributed by atoms with Crippen LogP contribution in [0.2, 0.25) is 0 Å². The average molecular weight is 167 g/mol. The highest BCUT2D eigenvalue weighted by molar-refractivity contribution is 7.10. The van der Waals surface area contributed by atoms with Crippen LogP contribution in [0.1, 0.15) is 22.9 Å². The quantitative estimate of drug-likeness (QED) is 0.688. The number of nitrogens with two attached hydrogens (primary N) is 1. The zero-order chi connectivity index (χ0) is 8.27. The largest absolute Gasteiger partial charge is 0.323 e. The lowest BCUT2D eigenvalue weighted by atomic mass is 10.1. The van der Waals surface area contributed by atoms with Crippen molar-refractivity contribution in [3.05, 3.63) is 34.5 Å². The molecule has 0 bridgehead atoms. The number of hydrogen-bond acceptors (Lipinski definition) is 2. The van der Waals surface area contributed by atoms with Gasteiger partial charge in [0.25, 0.3) is 0 Å². The van der Waals surface area contributed by atoms with E-state index in [0.29, 0.717) is 0 Å². The second-order valence-electron chi connectivity index (χ2n) is 2.60. The van der Waals surface area contributed by atoms with Crippen molar-refractivity contribution in [3.63, 3.8) is 0 Å². The molecule has 0 aliphatic heterocycles. The summed E-state index contributed by atoms with van der Waals surface area (Å²) in [7, 11) is 0. The van der Waals surface area contributed by atoms with E-state index in [0.717, 1.165) is 6.42 Å². The smallest absolute Gasteiger partial charge is 0.0427 e. The topological polar surface area (TPSA) is 26.0 Å². The summed E-state index contributed by atoms with van der Waals surface area (Å²) < 4.78 is 0. The van der Waals surface area contributed by atoms with Gasteiger partial charge in [-0.15, -0.1) is 17.9 Å². The van der Waals surface area contributed by atoms with Crippen LogP contribution in [0, 0.1) is 6.92 Å². The maximum absolute atomic E-state index is 5.89. The molecule has 1 atom stereocenters. The highest BCUT2D eigenvalue weighted by Gasteiger charge is 2.07. The predicted octanol–water partition coefficient (Wildman–Crippen LogP) is 2.63. The van der Waals surface area contributed by atoms with Gasteiger partial charge in [0.2, 0.25) is 0 Å². The summed E-state index contributed by atoms with van der Waals surface area (Å²) in [5, 5.41) is 2.08. The summed E-state index contributed by atoms with van der Waals surface area (Å²) in [4.78, 5) is 1.28. The van der Waals surface area contributed by atoms with E-state index < -0.39 is 0 Å². The Labute approximate surface area is 71.5 Å². The van der Waals surface area contributed by atoms with Gasteiger partial charge in [-0.2, -0.15) is 0 Å². The van der Waals surface area contributed by atoms with E-state index in [9.17, 15) is 0 Å². The molecule has 0 unspecified atom stereocenters. The zero-order valence-electron chi connectivity index (χ0n) is 6.71. The third-order valence-electron chi connectivity index (χ3n) is 1.66. The van der Waals surface area contributed by atoms with Gasteiger partial charge >= 0.3 is 0 Å². The summed E-state index contributed by atoms with van der Waals surface area (Å²) in [5.74, 6) is 0. The first kappa shape index (κ1) is 8.50. The highest BCUT2D eigenvalue weighted by atomic mass is 32.1. The standard InChI is InChI=1S/C9H13NS/c1-3-4-8(10)9-7(2)5-6-11-9/h3,5-6,8H,1,4,10H2,2H3/t8-/m0/s1. The van der Waals surface area contributed by atoms with E-state index >= 15 is 0 Å². The summed E-state index contributed by atoms with van der Waals surface area (Å²) in [5.41, 5.74) is 7.19. The number of hydrogen-bond donors (Lipinski definition) is 1. The van der Waals surface area contributed by atoms with Crippen molar-refractivity contribution >= 4 is 11.3 Å². The maximum atomic E-state index is 5.89. The third-order valence-corrected chi connectivity index (χ3v) is 2.81. The SMILES string of the molecule is C=CC[C@H](N)c1sccc1C. The van der Waals surface area contributed by atoms with Crippen LogP contribution in [0.3, 0.4) is 0 Å². The minimum Gasteiger partial charge on any atom is -0.323 e. The third kappa shape index (κ3) is 1.91. The lowest BCUT2D eigenvalue weighted by Crippen LogP contribution is -2.07. The van der Waals surface area contributed by atoms with E-state index in [4.69, 9.17) is 5.73 Å². The van der Waals surface area contributed by atoms with Crippen molar-refractivity contribution in [1.29, 1.82) is 0 Å². The van der Waals surface area contributed by atoms with Crippen LogP contribution < -0.4 is 5.73 Å². The van der Waals surface area contributed by atoms with Gasteiger partial charge in [-0.25, -0.2) is 0 Å². The molecule has 1 nitrogen and oxygen atoms in total. The van der Waals surface area contributed by atoms with Gasteiger partial charge in [-0.05, 0) is 30.4 Å². The molecule has 60 valence electrons. The van der Waals surface area contributed by atoms with Gasteiger partial charge in [0.15, 0.2) is 0 Å². The maximum Gasteiger partial charge on any atom is 0.0427 e.